The van der Waals surface area contributed by atoms with E-state index < -0.39 is 11.4 Å². The summed E-state index contributed by atoms with van der Waals surface area (Å²) in [7, 11) is 0. The molecular weight excluding hydrogens is 268 g/mol. The molecule has 5 nitrogen and oxygen atoms in total. The lowest BCUT2D eigenvalue weighted by atomic mass is 9.82. The molecule has 114 valence electrons. The van der Waals surface area contributed by atoms with Gasteiger partial charge in [-0.1, -0.05) is 19.1 Å². The lowest BCUT2D eigenvalue weighted by molar-refractivity contribution is -0.150. The standard InChI is InChI=1S/C16H22N2O3/c1-3-12-5-7-13(8-6-12)17-15(21)18-10-4-9-16(2,11-18)14(19)20/h5-8H,3-4,9-11H2,1-2H3,(H,17,21)(H,19,20). The number of anilines is 1. The second-order valence-corrected chi connectivity index (χ2v) is 5.87. The first-order chi connectivity index (χ1) is 9.94. The molecule has 0 saturated carbocycles. The van der Waals surface area contributed by atoms with Gasteiger partial charge in [-0.3, -0.25) is 4.79 Å². The van der Waals surface area contributed by atoms with Crippen LogP contribution in [0.1, 0.15) is 32.3 Å². The monoisotopic (exact) mass is 290 g/mol. The Bertz CT molecular complexity index is 527. The van der Waals surface area contributed by atoms with Gasteiger partial charge >= 0.3 is 12.0 Å². The second-order valence-electron chi connectivity index (χ2n) is 5.87. The summed E-state index contributed by atoms with van der Waals surface area (Å²) in [6, 6.07) is 7.47. The smallest absolute Gasteiger partial charge is 0.321 e. The Kier molecular flexibility index (Phi) is 4.50. The molecule has 0 bridgehead atoms. The number of nitrogens with one attached hydrogen (secondary N) is 1. The van der Waals surface area contributed by atoms with Crippen molar-refractivity contribution in [2.45, 2.75) is 33.1 Å². The van der Waals surface area contributed by atoms with E-state index >= 15 is 0 Å². The number of hydrogen-bond acceptors (Lipinski definition) is 2. The molecule has 1 saturated heterocycles. The molecule has 1 aliphatic heterocycles. The number of amides is 2. The third-order valence-corrected chi connectivity index (χ3v) is 4.11. The molecule has 2 amide bonds. The number of urea groups is 1. The van der Waals surface area contributed by atoms with E-state index in [0.29, 0.717) is 19.4 Å². The minimum atomic E-state index is -0.846. The van der Waals surface area contributed by atoms with E-state index in [9.17, 15) is 14.7 Å². The first-order valence-electron chi connectivity index (χ1n) is 7.33. The Morgan fingerprint density at radius 3 is 2.57 bits per heavy atom. The van der Waals surface area contributed by atoms with Gasteiger partial charge in [-0.05, 0) is 43.9 Å². The Balaban J connectivity index is 2.00. The molecule has 2 N–H and O–H groups in total. The van der Waals surface area contributed by atoms with Crippen LogP contribution in [0.2, 0.25) is 0 Å². The fourth-order valence-electron chi connectivity index (χ4n) is 2.61. The van der Waals surface area contributed by atoms with Gasteiger partial charge in [0.1, 0.15) is 0 Å². The van der Waals surface area contributed by atoms with Gasteiger partial charge in [-0.25, -0.2) is 4.79 Å². The molecule has 1 aromatic rings. The van der Waals surface area contributed by atoms with Crippen molar-refractivity contribution in [1.82, 2.24) is 4.90 Å². The number of nitrogens with zero attached hydrogens (tertiary/aromatic N) is 1. The van der Waals surface area contributed by atoms with Crippen LogP contribution in [-0.2, 0) is 11.2 Å². The SMILES string of the molecule is CCc1ccc(NC(=O)N2CCCC(C)(C(=O)O)C2)cc1. The minimum Gasteiger partial charge on any atom is -0.481 e. The number of carboxylic acid groups (broad SMARTS) is 1. The van der Waals surface area contributed by atoms with E-state index in [1.54, 1.807) is 11.8 Å². The van der Waals surface area contributed by atoms with Crippen LogP contribution in [0.3, 0.4) is 0 Å². The summed E-state index contributed by atoms with van der Waals surface area (Å²) < 4.78 is 0. The van der Waals surface area contributed by atoms with Gasteiger partial charge in [-0.15, -0.1) is 0 Å². The molecule has 0 radical (unpaired) electrons. The van der Waals surface area contributed by atoms with Crippen molar-refractivity contribution >= 4 is 17.7 Å². The summed E-state index contributed by atoms with van der Waals surface area (Å²) in [6.07, 6.45) is 2.28. The molecular formula is C16H22N2O3. The molecule has 1 atom stereocenters. The molecule has 1 aliphatic rings. The summed E-state index contributed by atoms with van der Waals surface area (Å²) in [6.45, 7) is 4.63. The van der Waals surface area contributed by atoms with Crippen molar-refractivity contribution < 1.29 is 14.7 Å². The number of rotatable bonds is 3. The van der Waals surface area contributed by atoms with Crippen molar-refractivity contribution in [3.8, 4) is 0 Å². The van der Waals surface area contributed by atoms with E-state index in [-0.39, 0.29) is 12.6 Å². The van der Waals surface area contributed by atoms with Crippen LogP contribution < -0.4 is 5.32 Å². The second kappa shape index (κ2) is 6.16. The van der Waals surface area contributed by atoms with Crippen molar-refractivity contribution in [3.05, 3.63) is 29.8 Å². The Labute approximate surface area is 125 Å². The van der Waals surface area contributed by atoms with E-state index in [0.717, 1.165) is 12.1 Å². The van der Waals surface area contributed by atoms with Crippen LogP contribution in [0, 0.1) is 5.41 Å². The maximum absolute atomic E-state index is 12.3. The normalized spacial score (nSPS) is 21.9. The molecule has 0 aromatic heterocycles. The molecule has 1 unspecified atom stereocenters. The molecule has 0 aliphatic carbocycles. The lowest BCUT2D eigenvalue weighted by Crippen LogP contribution is -2.49. The number of piperidine rings is 1. The van der Waals surface area contributed by atoms with Gasteiger partial charge in [0.2, 0.25) is 0 Å². The zero-order valence-electron chi connectivity index (χ0n) is 12.6. The van der Waals surface area contributed by atoms with Crippen molar-refractivity contribution in [1.29, 1.82) is 0 Å². The Morgan fingerprint density at radius 2 is 2.00 bits per heavy atom. The van der Waals surface area contributed by atoms with E-state index in [2.05, 4.69) is 12.2 Å². The highest BCUT2D eigenvalue weighted by Gasteiger charge is 2.39. The lowest BCUT2D eigenvalue weighted by Gasteiger charge is -2.37. The van der Waals surface area contributed by atoms with E-state index in [1.807, 2.05) is 24.3 Å². The first-order valence-corrected chi connectivity index (χ1v) is 7.33. The molecule has 2 rings (SSSR count). The topological polar surface area (TPSA) is 69.6 Å². The fraction of sp³-hybridized carbons (Fsp3) is 0.500. The van der Waals surface area contributed by atoms with Gasteiger partial charge < -0.3 is 15.3 Å². The summed E-state index contributed by atoms with van der Waals surface area (Å²) in [4.78, 5) is 25.2. The van der Waals surface area contributed by atoms with E-state index in [1.165, 1.54) is 5.56 Å². The van der Waals surface area contributed by atoms with Crippen LogP contribution in [0.25, 0.3) is 0 Å². The summed E-state index contributed by atoms with van der Waals surface area (Å²) in [5, 5.41) is 12.1. The summed E-state index contributed by atoms with van der Waals surface area (Å²) in [5.74, 6) is -0.840. The third kappa shape index (κ3) is 3.54. The Hall–Kier alpha value is -2.04. The van der Waals surface area contributed by atoms with Crippen molar-refractivity contribution in [2.75, 3.05) is 18.4 Å². The van der Waals surface area contributed by atoms with Crippen molar-refractivity contribution in [3.63, 3.8) is 0 Å². The van der Waals surface area contributed by atoms with Crippen LogP contribution in [0.5, 0.6) is 0 Å². The van der Waals surface area contributed by atoms with E-state index in [4.69, 9.17) is 0 Å². The molecule has 21 heavy (non-hydrogen) atoms. The number of carbonyl (C=O) groups is 2. The first kappa shape index (κ1) is 15.4. The number of likely N-dealkylation sites (tertiary alicyclic amines) is 1. The van der Waals surface area contributed by atoms with Crippen LogP contribution in [0.4, 0.5) is 10.5 Å². The van der Waals surface area contributed by atoms with Gasteiger partial charge in [0, 0.05) is 18.8 Å². The number of carbonyl (C=O) groups excluding carboxylic acids is 1. The zero-order valence-corrected chi connectivity index (χ0v) is 12.6. The maximum atomic E-state index is 12.3. The minimum absolute atomic E-state index is 0.230. The largest absolute Gasteiger partial charge is 0.481 e. The number of carboxylic acids is 1. The van der Waals surface area contributed by atoms with Crippen LogP contribution in [0.15, 0.2) is 24.3 Å². The zero-order chi connectivity index (χ0) is 15.5. The summed E-state index contributed by atoms with van der Waals surface area (Å²) in [5.41, 5.74) is 1.10. The molecule has 5 heteroatoms. The van der Waals surface area contributed by atoms with Crippen LogP contribution >= 0.6 is 0 Å². The van der Waals surface area contributed by atoms with Gasteiger partial charge in [0.15, 0.2) is 0 Å². The fourth-order valence-corrected chi connectivity index (χ4v) is 2.61. The average Bonchev–Trinajstić information content (AvgIpc) is 2.48. The molecule has 1 fully saturated rings. The third-order valence-electron chi connectivity index (χ3n) is 4.11. The van der Waals surface area contributed by atoms with Gasteiger partial charge in [0.25, 0.3) is 0 Å². The number of benzene rings is 1. The van der Waals surface area contributed by atoms with Crippen molar-refractivity contribution in [2.24, 2.45) is 5.41 Å². The maximum Gasteiger partial charge on any atom is 0.321 e. The number of aliphatic carboxylic acids is 1. The summed E-state index contributed by atoms with van der Waals surface area (Å²) >= 11 is 0. The van der Waals surface area contributed by atoms with Gasteiger partial charge in [-0.2, -0.15) is 0 Å². The molecule has 1 aromatic carbocycles. The highest BCUT2D eigenvalue weighted by molar-refractivity contribution is 5.90. The van der Waals surface area contributed by atoms with Crippen LogP contribution in [-0.4, -0.2) is 35.1 Å². The van der Waals surface area contributed by atoms with Gasteiger partial charge in [0.05, 0.1) is 5.41 Å². The molecule has 0 spiro atoms. The predicted octanol–water partition coefficient (Wildman–Crippen LogP) is 2.97. The Morgan fingerprint density at radius 1 is 1.33 bits per heavy atom. The highest BCUT2D eigenvalue weighted by atomic mass is 16.4. The molecule has 1 heterocycles. The quantitative estimate of drug-likeness (QED) is 0.899. The highest BCUT2D eigenvalue weighted by Crippen LogP contribution is 2.30. The number of hydrogen-bond donors (Lipinski definition) is 2. The number of aryl methyl sites for hydroxylation is 1. The average molecular weight is 290 g/mol. The predicted molar refractivity (Wildman–Crippen MR) is 81.4 cm³/mol.